The Morgan fingerprint density at radius 1 is 0.846 bits per heavy atom. The molecule has 1 aliphatic rings. The predicted octanol–water partition coefficient (Wildman–Crippen LogP) is 6.32. The van der Waals surface area contributed by atoms with Gasteiger partial charge in [0, 0.05) is 23.1 Å². The zero-order chi connectivity index (χ0) is 18.1. The first-order valence-electron chi connectivity index (χ1n) is 8.92. The molecule has 0 aromatic heterocycles. The number of halogens is 2. The van der Waals surface area contributed by atoms with Crippen LogP contribution in [0.1, 0.15) is 29.2 Å². The van der Waals surface area contributed by atoms with Gasteiger partial charge in [0.25, 0.3) is 0 Å². The molecule has 3 aromatic carbocycles. The van der Waals surface area contributed by atoms with Crippen molar-refractivity contribution in [2.75, 3.05) is 6.54 Å². The van der Waals surface area contributed by atoms with Gasteiger partial charge in [0.2, 0.25) is 0 Å². The van der Waals surface area contributed by atoms with Gasteiger partial charge >= 0.3 is 0 Å². The Balaban J connectivity index is 1.81. The van der Waals surface area contributed by atoms with E-state index in [1.54, 1.807) is 0 Å². The van der Waals surface area contributed by atoms with E-state index in [1.165, 1.54) is 22.3 Å². The van der Waals surface area contributed by atoms with E-state index in [-0.39, 0.29) is 5.54 Å². The van der Waals surface area contributed by atoms with Crippen LogP contribution >= 0.6 is 23.2 Å². The minimum atomic E-state index is -0.213. The summed E-state index contributed by atoms with van der Waals surface area (Å²) in [6.45, 7) is 4.10. The molecule has 132 valence electrons. The number of rotatable bonds is 3. The molecule has 0 saturated carbocycles. The Hall–Kier alpha value is -1.80. The lowest BCUT2D eigenvalue weighted by molar-refractivity contribution is 0.122. The van der Waals surface area contributed by atoms with Gasteiger partial charge in [0.05, 0.1) is 5.54 Å². The molecule has 3 heteroatoms. The number of benzene rings is 3. The first-order valence-corrected chi connectivity index (χ1v) is 9.67. The van der Waals surface area contributed by atoms with E-state index >= 15 is 0 Å². The van der Waals surface area contributed by atoms with E-state index < -0.39 is 0 Å². The third-order valence-corrected chi connectivity index (χ3v) is 6.11. The summed E-state index contributed by atoms with van der Waals surface area (Å²) in [6, 6.07) is 25.4. The molecular formula is C23H21Cl2N. The molecule has 1 heterocycles. The third kappa shape index (κ3) is 3.05. The first kappa shape index (κ1) is 17.6. The fraction of sp³-hybridized carbons (Fsp3) is 0.217. The molecule has 0 spiro atoms. The van der Waals surface area contributed by atoms with Crippen LogP contribution in [0.4, 0.5) is 0 Å². The molecule has 26 heavy (non-hydrogen) atoms. The van der Waals surface area contributed by atoms with Gasteiger partial charge in [-0.2, -0.15) is 0 Å². The van der Waals surface area contributed by atoms with Crippen LogP contribution in [0, 0.1) is 0 Å². The van der Waals surface area contributed by atoms with Gasteiger partial charge in [0.1, 0.15) is 0 Å². The number of nitrogens with zero attached hydrogens (tertiary/aromatic N) is 1. The summed E-state index contributed by atoms with van der Waals surface area (Å²) in [5, 5.41) is 1.49. The highest BCUT2D eigenvalue weighted by molar-refractivity contribution is 6.35. The molecule has 1 nitrogen and oxygen atoms in total. The number of hydrogen-bond donors (Lipinski definition) is 0. The third-order valence-electron chi connectivity index (χ3n) is 5.55. The highest BCUT2D eigenvalue weighted by Gasteiger charge is 2.37. The molecule has 0 amide bonds. The Bertz CT molecular complexity index is 867. The smallest absolute Gasteiger partial charge is 0.0689 e. The van der Waals surface area contributed by atoms with Gasteiger partial charge in [-0.3, -0.25) is 4.90 Å². The Kier molecular flexibility index (Phi) is 4.79. The van der Waals surface area contributed by atoms with Gasteiger partial charge in [-0.1, -0.05) is 83.9 Å². The minimum absolute atomic E-state index is 0.213. The monoisotopic (exact) mass is 381 g/mol. The van der Waals surface area contributed by atoms with Crippen molar-refractivity contribution in [2.24, 2.45) is 0 Å². The van der Waals surface area contributed by atoms with Crippen LogP contribution in [0.5, 0.6) is 0 Å². The van der Waals surface area contributed by atoms with Crippen LogP contribution in [0.2, 0.25) is 10.0 Å². The second kappa shape index (κ2) is 7.08. The SMILES string of the molecule is CC(c1ccccc1)(c1ccccc1)N1CCc2c(Cl)cc(Cl)cc2C1. The average molecular weight is 382 g/mol. The summed E-state index contributed by atoms with van der Waals surface area (Å²) < 4.78 is 0. The molecule has 0 atom stereocenters. The fourth-order valence-electron chi connectivity index (χ4n) is 4.05. The molecular weight excluding hydrogens is 361 g/mol. The van der Waals surface area contributed by atoms with Crippen LogP contribution < -0.4 is 0 Å². The van der Waals surface area contributed by atoms with Crippen molar-refractivity contribution < 1.29 is 0 Å². The van der Waals surface area contributed by atoms with Crippen LogP contribution in [-0.2, 0) is 18.5 Å². The fourth-order valence-corrected chi connectivity index (χ4v) is 4.68. The standard InChI is InChI=1S/C23H21Cl2N/c1-23(18-8-4-2-5-9-18,19-10-6-3-7-11-19)26-13-12-21-17(16-26)14-20(24)15-22(21)25/h2-11,14-15H,12-13,16H2,1H3. The molecule has 0 saturated heterocycles. The van der Waals surface area contributed by atoms with Gasteiger partial charge in [-0.25, -0.2) is 0 Å². The second-order valence-corrected chi connectivity index (χ2v) is 7.84. The van der Waals surface area contributed by atoms with Gasteiger partial charge < -0.3 is 0 Å². The molecule has 0 bridgehead atoms. The lowest BCUT2D eigenvalue weighted by Crippen LogP contribution is -2.47. The summed E-state index contributed by atoms with van der Waals surface area (Å²) in [5.41, 5.74) is 4.84. The van der Waals surface area contributed by atoms with E-state index in [0.29, 0.717) is 5.02 Å². The van der Waals surface area contributed by atoms with E-state index in [9.17, 15) is 0 Å². The van der Waals surface area contributed by atoms with Crippen molar-refractivity contribution in [1.29, 1.82) is 0 Å². The maximum absolute atomic E-state index is 6.44. The highest BCUT2D eigenvalue weighted by Crippen LogP contribution is 2.40. The Morgan fingerprint density at radius 3 is 2.00 bits per heavy atom. The molecule has 4 rings (SSSR count). The van der Waals surface area contributed by atoms with E-state index in [0.717, 1.165) is 24.5 Å². The highest BCUT2D eigenvalue weighted by atomic mass is 35.5. The number of fused-ring (bicyclic) bond motifs is 1. The maximum atomic E-state index is 6.44. The van der Waals surface area contributed by atoms with Crippen molar-refractivity contribution in [1.82, 2.24) is 4.90 Å². The Labute approximate surface area is 165 Å². The zero-order valence-electron chi connectivity index (χ0n) is 14.8. The van der Waals surface area contributed by atoms with Crippen molar-refractivity contribution in [3.63, 3.8) is 0 Å². The normalized spacial score (nSPS) is 14.9. The van der Waals surface area contributed by atoms with E-state index in [4.69, 9.17) is 23.2 Å². The van der Waals surface area contributed by atoms with Crippen molar-refractivity contribution in [2.45, 2.75) is 25.4 Å². The summed E-state index contributed by atoms with van der Waals surface area (Å²) in [7, 11) is 0. The average Bonchev–Trinajstić information content (AvgIpc) is 2.68. The van der Waals surface area contributed by atoms with Gasteiger partial charge in [0.15, 0.2) is 0 Å². The van der Waals surface area contributed by atoms with Crippen LogP contribution in [0.25, 0.3) is 0 Å². The Morgan fingerprint density at radius 2 is 1.42 bits per heavy atom. The lowest BCUT2D eigenvalue weighted by atomic mass is 9.81. The topological polar surface area (TPSA) is 3.24 Å². The summed E-state index contributed by atoms with van der Waals surface area (Å²) in [6.07, 6.45) is 0.931. The van der Waals surface area contributed by atoms with Crippen LogP contribution in [0.15, 0.2) is 72.8 Å². The minimum Gasteiger partial charge on any atom is -0.285 e. The summed E-state index contributed by atoms with van der Waals surface area (Å²) in [5.74, 6) is 0. The molecule has 1 aliphatic heterocycles. The summed E-state index contributed by atoms with van der Waals surface area (Å²) in [4.78, 5) is 2.53. The molecule has 0 radical (unpaired) electrons. The first-order chi connectivity index (χ1) is 12.6. The molecule has 0 fully saturated rings. The lowest BCUT2D eigenvalue weighted by Gasteiger charge is -2.45. The van der Waals surface area contributed by atoms with Crippen molar-refractivity contribution in [3.05, 3.63) is 105 Å². The largest absolute Gasteiger partial charge is 0.285 e. The second-order valence-electron chi connectivity index (χ2n) is 7.00. The maximum Gasteiger partial charge on any atom is 0.0689 e. The van der Waals surface area contributed by atoms with Gasteiger partial charge in [-0.05, 0) is 47.7 Å². The van der Waals surface area contributed by atoms with Crippen molar-refractivity contribution >= 4 is 23.2 Å². The molecule has 3 aromatic rings. The molecule has 0 unspecified atom stereocenters. The predicted molar refractivity (Wildman–Crippen MR) is 110 cm³/mol. The zero-order valence-corrected chi connectivity index (χ0v) is 16.3. The molecule has 0 aliphatic carbocycles. The van der Waals surface area contributed by atoms with Crippen LogP contribution in [-0.4, -0.2) is 11.4 Å². The number of hydrogen-bond acceptors (Lipinski definition) is 1. The quantitative estimate of drug-likeness (QED) is 0.513. The summed E-state index contributed by atoms with van der Waals surface area (Å²) >= 11 is 12.7. The van der Waals surface area contributed by atoms with E-state index in [1.807, 2.05) is 6.07 Å². The van der Waals surface area contributed by atoms with Gasteiger partial charge in [-0.15, -0.1) is 0 Å². The van der Waals surface area contributed by atoms with Crippen LogP contribution in [0.3, 0.4) is 0 Å². The van der Waals surface area contributed by atoms with Crippen molar-refractivity contribution in [3.8, 4) is 0 Å². The molecule has 0 N–H and O–H groups in total. The van der Waals surface area contributed by atoms with E-state index in [2.05, 4.69) is 78.6 Å².